The Balaban J connectivity index is 1.78. The third kappa shape index (κ3) is 4.24. The quantitative estimate of drug-likeness (QED) is 0.765. The summed E-state index contributed by atoms with van der Waals surface area (Å²) in [5.74, 6) is -0.884. The van der Waals surface area contributed by atoms with Gasteiger partial charge in [-0.05, 0) is 42.7 Å². The first-order chi connectivity index (χ1) is 14.1. The van der Waals surface area contributed by atoms with Crippen LogP contribution in [0.2, 0.25) is 0 Å². The molecule has 0 aliphatic carbocycles. The van der Waals surface area contributed by atoms with Crippen LogP contribution in [0, 0.1) is 12.8 Å². The van der Waals surface area contributed by atoms with E-state index in [1.54, 1.807) is 24.0 Å². The van der Waals surface area contributed by atoms with E-state index in [4.69, 9.17) is 0 Å². The van der Waals surface area contributed by atoms with Crippen LogP contribution in [0.3, 0.4) is 0 Å². The van der Waals surface area contributed by atoms with Gasteiger partial charge in [-0.1, -0.05) is 31.2 Å². The molecule has 2 aromatic carbocycles. The first kappa shape index (κ1) is 22.0. The Labute approximate surface area is 177 Å². The van der Waals surface area contributed by atoms with Crippen molar-refractivity contribution in [2.45, 2.75) is 31.6 Å². The average molecular weight is 430 g/mol. The molecule has 0 bridgehead atoms. The number of hydrogen-bond acceptors (Lipinski definition) is 4. The van der Waals surface area contributed by atoms with Gasteiger partial charge in [0, 0.05) is 38.4 Å². The lowest BCUT2D eigenvalue weighted by Crippen LogP contribution is -2.29. The summed E-state index contributed by atoms with van der Waals surface area (Å²) < 4.78 is 26.2. The van der Waals surface area contributed by atoms with Crippen LogP contribution >= 0.6 is 0 Å². The number of amides is 2. The highest BCUT2D eigenvalue weighted by Gasteiger charge is 2.36. The van der Waals surface area contributed by atoms with Gasteiger partial charge >= 0.3 is 0 Å². The highest BCUT2D eigenvalue weighted by molar-refractivity contribution is 7.89. The van der Waals surface area contributed by atoms with Crippen LogP contribution < -0.4 is 10.2 Å². The molecule has 1 atom stereocenters. The fourth-order valence-corrected chi connectivity index (χ4v) is 4.73. The minimum absolute atomic E-state index is 0.0872. The number of aryl methyl sites for hydroxylation is 2. The summed E-state index contributed by atoms with van der Waals surface area (Å²) in [5, 5.41) is 2.78. The molecule has 0 spiro atoms. The van der Waals surface area contributed by atoms with E-state index in [9.17, 15) is 18.0 Å². The zero-order chi connectivity index (χ0) is 22.1. The van der Waals surface area contributed by atoms with E-state index in [1.165, 1.54) is 20.2 Å². The van der Waals surface area contributed by atoms with Crippen LogP contribution in [0.5, 0.6) is 0 Å². The molecule has 30 heavy (non-hydrogen) atoms. The lowest BCUT2D eigenvalue weighted by molar-refractivity contribution is -0.122. The lowest BCUT2D eigenvalue weighted by Gasteiger charge is -2.20. The number of sulfonamides is 1. The van der Waals surface area contributed by atoms with Gasteiger partial charge in [0.25, 0.3) is 0 Å². The first-order valence-electron chi connectivity index (χ1n) is 9.87. The highest BCUT2D eigenvalue weighted by Crippen LogP contribution is 2.29. The summed E-state index contributed by atoms with van der Waals surface area (Å²) in [7, 11) is -0.696. The van der Waals surface area contributed by atoms with E-state index in [0.29, 0.717) is 17.8 Å². The van der Waals surface area contributed by atoms with Crippen LogP contribution in [-0.2, 0) is 26.0 Å². The fraction of sp³-hybridized carbons (Fsp3) is 0.364. The van der Waals surface area contributed by atoms with Crippen molar-refractivity contribution >= 4 is 33.2 Å². The molecule has 0 radical (unpaired) electrons. The molecule has 1 saturated heterocycles. The second-order valence-corrected chi connectivity index (χ2v) is 9.76. The van der Waals surface area contributed by atoms with Gasteiger partial charge in [-0.2, -0.15) is 0 Å². The van der Waals surface area contributed by atoms with Crippen molar-refractivity contribution in [1.82, 2.24) is 4.31 Å². The molecule has 1 aliphatic rings. The Bertz CT molecular complexity index is 1080. The highest BCUT2D eigenvalue weighted by atomic mass is 32.2. The Morgan fingerprint density at radius 1 is 1.20 bits per heavy atom. The molecular formula is C22H27N3O4S. The van der Waals surface area contributed by atoms with E-state index in [-0.39, 0.29) is 23.1 Å². The number of hydrogen-bond donors (Lipinski definition) is 1. The van der Waals surface area contributed by atoms with Crippen LogP contribution in [0.1, 0.15) is 24.5 Å². The van der Waals surface area contributed by atoms with E-state index in [1.807, 2.05) is 31.2 Å². The number of para-hydroxylation sites is 1. The summed E-state index contributed by atoms with van der Waals surface area (Å²) in [5.41, 5.74) is 2.89. The SMILES string of the molecule is CCc1ccccc1N1CC(C(=O)Nc2ccc(C)c(S(=O)(=O)N(C)C)c2)CC1=O. The largest absolute Gasteiger partial charge is 0.326 e. The van der Waals surface area contributed by atoms with Crippen molar-refractivity contribution in [3.05, 3.63) is 53.6 Å². The average Bonchev–Trinajstić information content (AvgIpc) is 3.10. The number of anilines is 2. The summed E-state index contributed by atoms with van der Waals surface area (Å²) in [6.45, 7) is 4.04. The van der Waals surface area contributed by atoms with Gasteiger partial charge in [-0.15, -0.1) is 0 Å². The minimum atomic E-state index is -3.63. The summed E-state index contributed by atoms with van der Waals surface area (Å²) in [4.78, 5) is 27.2. The van der Waals surface area contributed by atoms with Crippen molar-refractivity contribution < 1.29 is 18.0 Å². The molecule has 3 rings (SSSR count). The molecule has 8 heteroatoms. The Kier molecular flexibility index (Phi) is 6.28. The van der Waals surface area contributed by atoms with Crippen LogP contribution in [0.15, 0.2) is 47.4 Å². The van der Waals surface area contributed by atoms with Gasteiger partial charge in [0.2, 0.25) is 21.8 Å². The molecule has 160 valence electrons. The molecule has 1 aliphatic heterocycles. The van der Waals surface area contributed by atoms with E-state index in [0.717, 1.165) is 22.0 Å². The van der Waals surface area contributed by atoms with Crippen molar-refractivity contribution in [2.24, 2.45) is 5.92 Å². The molecule has 0 aromatic heterocycles. The number of benzene rings is 2. The number of nitrogens with one attached hydrogen (secondary N) is 1. The van der Waals surface area contributed by atoms with Gasteiger partial charge in [0.1, 0.15) is 0 Å². The molecule has 1 N–H and O–H groups in total. The van der Waals surface area contributed by atoms with Crippen molar-refractivity contribution in [3.8, 4) is 0 Å². The second-order valence-electron chi connectivity index (χ2n) is 7.64. The zero-order valence-corrected chi connectivity index (χ0v) is 18.5. The summed E-state index contributed by atoms with van der Waals surface area (Å²) >= 11 is 0. The van der Waals surface area contributed by atoms with Gasteiger partial charge in [0.15, 0.2) is 0 Å². The van der Waals surface area contributed by atoms with Crippen molar-refractivity contribution in [1.29, 1.82) is 0 Å². The first-order valence-corrected chi connectivity index (χ1v) is 11.3. The Morgan fingerprint density at radius 2 is 1.90 bits per heavy atom. The van der Waals surface area contributed by atoms with Gasteiger partial charge in [0.05, 0.1) is 10.8 Å². The third-order valence-electron chi connectivity index (χ3n) is 5.37. The second kappa shape index (κ2) is 8.57. The Morgan fingerprint density at radius 3 is 2.57 bits per heavy atom. The molecule has 1 unspecified atom stereocenters. The smallest absolute Gasteiger partial charge is 0.242 e. The fourth-order valence-electron chi connectivity index (χ4n) is 3.59. The maximum absolute atomic E-state index is 12.8. The molecule has 7 nitrogen and oxygen atoms in total. The van der Waals surface area contributed by atoms with Crippen LogP contribution in [0.4, 0.5) is 11.4 Å². The van der Waals surface area contributed by atoms with E-state index < -0.39 is 15.9 Å². The number of carbonyl (C=O) groups excluding carboxylic acids is 2. The van der Waals surface area contributed by atoms with E-state index >= 15 is 0 Å². The van der Waals surface area contributed by atoms with Crippen molar-refractivity contribution in [3.63, 3.8) is 0 Å². The molecule has 2 aromatic rings. The maximum atomic E-state index is 12.8. The standard InChI is InChI=1S/C22H27N3O4S/c1-5-16-8-6-7-9-19(16)25-14-17(12-21(25)26)22(27)23-18-11-10-15(2)20(13-18)30(28,29)24(3)4/h6-11,13,17H,5,12,14H2,1-4H3,(H,23,27). The summed E-state index contributed by atoms with van der Waals surface area (Å²) in [6, 6.07) is 12.5. The topological polar surface area (TPSA) is 86.8 Å². The molecule has 1 heterocycles. The van der Waals surface area contributed by atoms with Crippen molar-refractivity contribution in [2.75, 3.05) is 30.9 Å². The third-order valence-corrected chi connectivity index (χ3v) is 7.33. The van der Waals surface area contributed by atoms with Gasteiger partial charge in [-0.3, -0.25) is 9.59 Å². The monoisotopic (exact) mass is 429 g/mol. The maximum Gasteiger partial charge on any atom is 0.242 e. The number of rotatable bonds is 6. The molecule has 1 fully saturated rings. The van der Waals surface area contributed by atoms with Crippen LogP contribution in [0.25, 0.3) is 0 Å². The zero-order valence-electron chi connectivity index (χ0n) is 17.7. The van der Waals surface area contributed by atoms with E-state index in [2.05, 4.69) is 5.32 Å². The number of nitrogens with zero attached hydrogens (tertiary/aromatic N) is 2. The van der Waals surface area contributed by atoms with Gasteiger partial charge < -0.3 is 10.2 Å². The predicted molar refractivity (Wildman–Crippen MR) is 117 cm³/mol. The molecule has 0 saturated carbocycles. The normalized spacial score (nSPS) is 16.9. The number of carbonyl (C=O) groups is 2. The lowest BCUT2D eigenvalue weighted by atomic mass is 10.1. The minimum Gasteiger partial charge on any atom is -0.326 e. The Hall–Kier alpha value is -2.71. The predicted octanol–water partition coefficient (Wildman–Crippen LogP) is 2.80. The van der Waals surface area contributed by atoms with Gasteiger partial charge in [-0.25, -0.2) is 12.7 Å². The van der Waals surface area contributed by atoms with Crippen LogP contribution in [-0.4, -0.2) is 45.2 Å². The summed E-state index contributed by atoms with van der Waals surface area (Å²) in [6.07, 6.45) is 0.919. The molecule has 2 amide bonds. The molecular weight excluding hydrogens is 402 g/mol.